The van der Waals surface area contributed by atoms with Crippen molar-refractivity contribution in [2.24, 2.45) is 5.92 Å². The molecule has 0 aromatic rings. The van der Waals surface area contributed by atoms with Crippen molar-refractivity contribution in [3.05, 3.63) is 12.7 Å². The fraction of sp³-hybridized carbons (Fsp3) is 0.857. The summed E-state index contributed by atoms with van der Waals surface area (Å²) in [6, 6.07) is -0.451. The Morgan fingerprint density at radius 1 is 0.750 bits per heavy atom. The largest absolute Gasteiger partial charge is 0.354 e. The first-order valence-corrected chi connectivity index (χ1v) is 13.7. The highest BCUT2D eigenvalue weighted by atomic mass is 16.2. The molecule has 0 aliphatic carbocycles. The van der Waals surface area contributed by atoms with Crippen molar-refractivity contribution in [2.75, 3.05) is 6.54 Å². The molecule has 0 aliphatic rings. The van der Waals surface area contributed by atoms with Gasteiger partial charge in [-0.2, -0.15) is 0 Å². The Labute approximate surface area is 199 Å². The summed E-state index contributed by atoms with van der Waals surface area (Å²) in [6.45, 7) is 10.5. The van der Waals surface area contributed by atoms with Crippen molar-refractivity contribution in [3.8, 4) is 0 Å². The van der Waals surface area contributed by atoms with Crippen LogP contribution in [0.5, 0.6) is 0 Å². The Morgan fingerprint density at radius 2 is 1.19 bits per heavy atom. The lowest BCUT2D eigenvalue weighted by Gasteiger charge is -2.21. The zero-order valence-electron chi connectivity index (χ0n) is 21.7. The number of hydrogen-bond acceptors (Lipinski definition) is 2. The number of amides is 2. The van der Waals surface area contributed by atoms with E-state index in [4.69, 9.17) is 0 Å². The Kier molecular flexibility index (Phi) is 21.9. The molecule has 0 unspecified atom stereocenters. The molecule has 2 amide bonds. The Balaban J connectivity index is 3.53. The van der Waals surface area contributed by atoms with Gasteiger partial charge in [-0.1, -0.05) is 123 Å². The second kappa shape index (κ2) is 22.9. The zero-order chi connectivity index (χ0) is 23.9. The standard InChI is InChI=1S/C28H54N2O2/c1-5-7-9-10-11-12-13-14-15-16-17-18-19-20-21-22-24-29-28(32)27(25(3)4)30-26(31)23-8-6-2/h6,25,27H,2,5,7-24H2,1,3-4H3,(H,29,32)(H,30,31)/t27-/m0/s1. The van der Waals surface area contributed by atoms with E-state index in [1.807, 2.05) is 13.8 Å². The van der Waals surface area contributed by atoms with Crippen LogP contribution in [0.15, 0.2) is 12.7 Å². The van der Waals surface area contributed by atoms with Crippen LogP contribution in [0.4, 0.5) is 0 Å². The SMILES string of the molecule is C=CCCC(=O)N[C@H](C(=O)NCCCCCCCCCCCCCCCCCC)C(C)C. The predicted octanol–water partition coefficient (Wildman–Crippen LogP) is 7.47. The first-order chi connectivity index (χ1) is 15.5. The van der Waals surface area contributed by atoms with Gasteiger partial charge in [0.25, 0.3) is 0 Å². The van der Waals surface area contributed by atoms with E-state index < -0.39 is 6.04 Å². The number of hydrogen-bond donors (Lipinski definition) is 2. The van der Waals surface area contributed by atoms with Gasteiger partial charge < -0.3 is 10.6 Å². The lowest BCUT2D eigenvalue weighted by molar-refractivity contribution is -0.130. The minimum Gasteiger partial charge on any atom is -0.354 e. The molecule has 0 saturated heterocycles. The van der Waals surface area contributed by atoms with Crippen LogP contribution < -0.4 is 10.6 Å². The van der Waals surface area contributed by atoms with Gasteiger partial charge in [-0.05, 0) is 18.8 Å². The fourth-order valence-electron chi connectivity index (χ4n) is 4.01. The van der Waals surface area contributed by atoms with Crippen LogP contribution in [0.1, 0.15) is 136 Å². The van der Waals surface area contributed by atoms with E-state index in [9.17, 15) is 9.59 Å². The molecule has 1 atom stereocenters. The molecule has 0 saturated carbocycles. The average molecular weight is 451 g/mol. The molecular weight excluding hydrogens is 396 g/mol. The summed E-state index contributed by atoms with van der Waals surface area (Å²) in [5.41, 5.74) is 0. The summed E-state index contributed by atoms with van der Waals surface area (Å²) in [6.07, 6.45) is 24.3. The molecule has 2 N–H and O–H groups in total. The first-order valence-electron chi connectivity index (χ1n) is 13.7. The van der Waals surface area contributed by atoms with E-state index in [0.717, 1.165) is 12.8 Å². The summed E-state index contributed by atoms with van der Waals surface area (Å²) in [7, 11) is 0. The third-order valence-corrected chi connectivity index (χ3v) is 6.17. The molecule has 0 rings (SSSR count). The van der Waals surface area contributed by atoms with Gasteiger partial charge in [0, 0.05) is 13.0 Å². The molecule has 0 spiro atoms. The molecule has 4 heteroatoms. The molecule has 188 valence electrons. The van der Waals surface area contributed by atoms with E-state index in [1.165, 1.54) is 89.9 Å². The summed E-state index contributed by atoms with van der Waals surface area (Å²) in [4.78, 5) is 24.3. The maximum absolute atomic E-state index is 12.4. The monoisotopic (exact) mass is 450 g/mol. The first kappa shape index (κ1) is 30.7. The highest BCUT2D eigenvalue weighted by Gasteiger charge is 2.23. The van der Waals surface area contributed by atoms with Crippen molar-refractivity contribution in [3.63, 3.8) is 0 Å². The quantitative estimate of drug-likeness (QED) is 0.125. The van der Waals surface area contributed by atoms with Gasteiger partial charge in [0.2, 0.25) is 11.8 Å². The molecule has 0 aromatic heterocycles. The molecule has 0 aliphatic heterocycles. The van der Waals surface area contributed by atoms with E-state index >= 15 is 0 Å². The molecule has 0 bridgehead atoms. The molecule has 0 fully saturated rings. The van der Waals surface area contributed by atoms with E-state index in [2.05, 4.69) is 24.1 Å². The van der Waals surface area contributed by atoms with Crippen LogP contribution in [0.2, 0.25) is 0 Å². The van der Waals surface area contributed by atoms with Crippen molar-refractivity contribution in [2.45, 2.75) is 142 Å². The summed E-state index contributed by atoms with van der Waals surface area (Å²) >= 11 is 0. The average Bonchev–Trinajstić information content (AvgIpc) is 2.77. The predicted molar refractivity (Wildman–Crippen MR) is 139 cm³/mol. The van der Waals surface area contributed by atoms with Gasteiger partial charge in [0.15, 0.2) is 0 Å². The van der Waals surface area contributed by atoms with Crippen LogP contribution in [-0.4, -0.2) is 24.4 Å². The lowest BCUT2D eigenvalue weighted by Crippen LogP contribution is -2.49. The maximum Gasteiger partial charge on any atom is 0.242 e. The highest BCUT2D eigenvalue weighted by Crippen LogP contribution is 2.13. The smallest absolute Gasteiger partial charge is 0.242 e. The number of allylic oxidation sites excluding steroid dienone is 1. The summed E-state index contributed by atoms with van der Waals surface area (Å²) in [5, 5.41) is 5.86. The van der Waals surface area contributed by atoms with E-state index in [1.54, 1.807) is 6.08 Å². The third kappa shape index (κ3) is 19.4. The number of rotatable bonds is 23. The minimum atomic E-state index is -0.451. The van der Waals surface area contributed by atoms with Gasteiger partial charge in [-0.25, -0.2) is 0 Å². The second-order valence-electron chi connectivity index (χ2n) is 9.71. The van der Waals surface area contributed by atoms with Crippen LogP contribution in [0, 0.1) is 5.92 Å². The normalized spacial score (nSPS) is 12.0. The van der Waals surface area contributed by atoms with Crippen LogP contribution in [-0.2, 0) is 9.59 Å². The number of unbranched alkanes of at least 4 members (excludes halogenated alkanes) is 15. The summed E-state index contributed by atoms with van der Waals surface area (Å²) < 4.78 is 0. The van der Waals surface area contributed by atoms with Gasteiger partial charge >= 0.3 is 0 Å². The van der Waals surface area contributed by atoms with Crippen molar-refractivity contribution >= 4 is 11.8 Å². The Morgan fingerprint density at radius 3 is 1.59 bits per heavy atom. The van der Waals surface area contributed by atoms with Gasteiger partial charge in [0.05, 0.1) is 0 Å². The van der Waals surface area contributed by atoms with Gasteiger partial charge in [-0.3, -0.25) is 9.59 Å². The Bertz CT molecular complexity index is 462. The lowest BCUT2D eigenvalue weighted by atomic mass is 10.0. The molecule has 0 heterocycles. The van der Waals surface area contributed by atoms with Gasteiger partial charge in [-0.15, -0.1) is 6.58 Å². The minimum absolute atomic E-state index is 0.0621. The molecule has 4 nitrogen and oxygen atoms in total. The van der Waals surface area contributed by atoms with E-state index in [-0.39, 0.29) is 17.7 Å². The third-order valence-electron chi connectivity index (χ3n) is 6.17. The van der Waals surface area contributed by atoms with Crippen molar-refractivity contribution in [1.82, 2.24) is 10.6 Å². The molecule has 0 radical (unpaired) electrons. The molecule has 32 heavy (non-hydrogen) atoms. The van der Waals surface area contributed by atoms with Crippen molar-refractivity contribution < 1.29 is 9.59 Å². The maximum atomic E-state index is 12.4. The number of carbonyl (C=O) groups is 2. The number of nitrogens with one attached hydrogen (secondary N) is 2. The molecular formula is C28H54N2O2. The van der Waals surface area contributed by atoms with Crippen molar-refractivity contribution in [1.29, 1.82) is 0 Å². The van der Waals surface area contributed by atoms with Gasteiger partial charge in [0.1, 0.15) is 6.04 Å². The zero-order valence-corrected chi connectivity index (χ0v) is 21.7. The van der Waals surface area contributed by atoms with Crippen LogP contribution in [0.3, 0.4) is 0 Å². The number of carbonyl (C=O) groups excluding carboxylic acids is 2. The second-order valence-corrected chi connectivity index (χ2v) is 9.71. The highest BCUT2D eigenvalue weighted by molar-refractivity contribution is 5.87. The van der Waals surface area contributed by atoms with E-state index in [0.29, 0.717) is 19.4 Å². The fourth-order valence-corrected chi connectivity index (χ4v) is 4.01. The summed E-state index contributed by atoms with van der Waals surface area (Å²) in [5.74, 6) is -0.0671. The topological polar surface area (TPSA) is 58.2 Å². The van der Waals surface area contributed by atoms with Crippen LogP contribution >= 0.6 is 0 Å². The van der Waals surface area contributed by atoms with Crippen LogP contribution in [0.25, 0.3) is 0 Å². The molecule has 0 aromatic carbocycles. The Hall–Kier alpha value is -1.32.